The lowest BCUT2D eigenvalue weighted by molar-refractivity contribution is 0.598. The highest BCUT2D eigenvalue weighted by molar-refractivity contribution is 9.10. The third-order valence-electron chi connectivity index (χ3n) is 3.02. The number of rotatable bonds is 5. The molecule has 0 atom stereocenters. The zero-order valence-electron chi connectivity index (χ0n) is 12.0. The minimum absolute atomic E-state index is 0.191. The maximum Gasteiger partial charge on any atom is 0.265 e. The first-order valence-electron chi connectivity index (χ1n) is 6.32. The van der Waals surface area contributed by atoms with Gasteiger partial charge in [-0.25, -0.2) is 8.42 Å². The Balaban J connectivity index is 2.43. The summed E-state index contributed by atoms with van der Waals surface area (Å²) in [7, 11) is -1.96. The first-order valence-corrected chi connectivity index (χ1v) is 8.60. The number of aryl methyl sites for hydroxylation is 2. The number of hydrogen-bond acceptors (Lipinski definition) is 4. The third kappa shape index (κ3) is 3.45. The number of hydrogen-bond donors (Lipinski definition) is 3. The number of benzene rings is 1. The Morgan fingerprint density at radius 1 is 1.33 bits per heavy atom. The largest absolute Gasteiger partial charge is 0.314 e. The summed E-state index contributed by atoms with van der Waals surface area (Å²) in [6, 6.07) is 5.45. The highest BCUT2D eigenvalue weighted by Gasteiger charge is 2.24. The molecule has 114 valence electrons. The molecule has 0 unspecified atom stereocenters. The molecule has 3 N–H and O–H groups in total. The molecular formula is C13H17BrN4O2S. The number of nitrogens with zero attached hydrogens (tertiary/aromatic N) is 1. The van der Waals surface area contributed by atoms with Crippen LogP contribution in [-0.2, 0) is 16.6 Å². The van der Waals surface area contributed by atoms with Crippen LogP contribution >= 0.6 is 15.9 Å². The molecule has 1 aromatic heterocycles. The molecule has 8 heteroatoms. The molecule has 2 rings (SSSR count). The van der Waals surface area contributed by atoms with Crippen LogP contribution in [0.25, 0.3) is 0 Å². The first kappa shape index (κ1) is 16.0. The Kier molecular flexibility index (Phi) is 4.70. The standard InChI is InChI=1S/C13H17BrN4O2S/c1-8-4-5-10(14)6-11(8)18-21(19,20)13-9(2)16-17-12(13)7-15-3/h4-6,15,18H,7H2,1-3H3,(H,16,17). The van der Waals surface area contributed by atoms with E-state index >= 15 is 0 Å². The highest BCUT2D eigenvalue weighted by Crippen LogP contribution is 2.25. The van der Waals surface area contributed by atoms with Gasteiger partial charge in [0.15, 0.2) is 0 Å². The molecule has 2 aromatic rings. The second-order valence-electron chi connectivity index (χ2n) is 4.72. The molecule has 0 aliphatic carbocycles. The van der Waals surface area contributed by atoms with E-state index in [0.717, 1.165) is 10.0 Å². The topological polar surface area (TPSA) is 86.9 Å². The van der Waals surface area contributed by atoms with E-state index in [0.29, 0.717) is 23.6 Å². The van der Waals surface area contributed by atoms with Crippen molar-refractivity contribution in [1.29, 1.82) is 0 Å². The molecule has 0 aliphatic rings. The molecule has 0 fully saturated rings. The number of sulfonamides is 1. The fraction of sp³-hybridized carbons (Fsp3) is 0.308. The number of anilines is 1. The van der Waals surface area contributed by atoms with Gasteiger partial charge in [0.2, 0.25) is 0 Å². The van der Waals surface area contributed by atoms with Gasteiger partial charge in [0, 0.05) is 11.0 Å². The van der Waals surface area contributed by atoms with E-state index in [4.69, 9.17) is 0 Å². The van der Waals surface area contributed by atoms with Crippen LogP contribution < -0.4 is 10.0 Å². The lowest BCUT2D eigenvalue weighted by atomic mass is 10.2. The van der Waals surface area contributed by atoms with Crippen molar-refractivity contribution in [3.05, 3.63) is 39.6 Å². The van der Waals surface area contributed by atoms with Crippen molar-refractivity contribution in [2.45, 2.75) is 25.3 Å². The van der Waals surface area contributed by atoms with Gasteiger partial charge >= 0.3 is 0 Å². The first-order chi connectivity index (χ1) is 9.85. The van der Waals surface area contributed by atoms with E-state index in [2.05, 4.69) is 36.2 Å². The fourth-order valence-electron chi connectivity index (χ4n) is 2.01. The van der Waals surface area contributed by atoms with E-state index in [-0.39, 0.29) is 4.90 Å². The average molecular weight is 373 g/mol. The summed E-state index contributed by atoms with van der Waals surface area (Å²) < 4.78 is 28.7. The second kappa shape index (κ2) is 6.17. The van der Waals surface area contributed by atoms with Crippen LogP contribution in [0.15, 0.2) is 27.6 Å². The van der Waals surface area contributed by atoms with Crippen molar-refractivity contribution in [1.82, 2.24) is 15.5 Å². The van der Waals surface area contributed by atoms with Crippen LogP contribution in [0.4, 0.5) is 5.69 Å². The third-order valence-corrected chi connectivity index (χ3v) is 5.08. The Hall–Kier alpha value is -1.38. The molecule has 0 radical (unpaired) electrons. The van der Waals surface area contributed by atoms with Crippen molar-refractivity contribution >= 4 is 31.6 Å². The predicted octanol–water partition coefficient (Wildman–Crippen LogP) is 2.31. The van der Waals surface area contributed by atoms with Gasteiger partial charge in [0.05, 0.1) is 17.1 Å². The van der Waals surface area contributed by atoms with Crippen molar-refractivity contribution in [3.63, 3.8) is 0 Å². The van der Waals surface area contributed by atoms with Crippen LogP contribution in [-0.4, -0.2) is 25.7 Å². The van der Waals surface area contributed by atoms with Gasteiger partial charge in [-0.2, -0.15) is 5.10 Å². The summed E-state index contributed by atoms with van der Waals surface area (Å²) in [6.07, 6.45) is 0. The summed E-state index contributed by atoms with van der Waals surface area (Å²) >= 11 is 3.34. The summed E-state index contributed by atoms with van der Waals surface area (Å²) in [4.78, 5) is 0.191. The SMILES string of the molecule is CNCc1n[nH]c(C)c1S(=O)(=O)Nc1cc(Br)ccc1C. The number of nitrogens with one attached hydrogen (secondary N) is 3. The average Bonchev–Trinajstić information content (AvgIpc) is 2.76. The van der Waals surface area contributed by atoms with E-state index in [1.807, 2.05) is 19.1 Å². The smallest absolute Gasteiger partial charge is 0.265 e. The molecule has 0 saturated carbocycles. The van der Waals surface area contributed by atoms with E-state index in [9.17, 15) is 8.42 Å². The molecular weight excluding hydrogens is 356 g/mol. The predicted molar refractivity (Wildman–Crippen MR) is 85.8 cm³/mol. The monoisotopic (exact) mass is 372 g/mol. The van der Waals surface area contributed by atoms with Gasteiger partial charge in [-0.3, -0.25) is 9.82 Å². The minimum atomic E-state index is -3.70. The molecule has 0 amide bonds. The Bertz CT molecular complexity index is 756. The molecule has 6 nitrogen and oxygen atoms in total. The van der Waals surface area contributed by atoms with Crippen LogP contribution in [0.1, 0.15) is 17.0 Å². The molecule has 0 spiro atoms. The Morgan fingerprint density at radius 3 is 2.71 bits per heavy atom. The van der Waals surface area contributed by atoms with Crippen molar-refractivity contribution < 1.29 is 8.42 Å². The lowest BCUT2D eigenvalue weighted by Gasteiger charge is -2.11. The minimum Gasteiger partial charge on any atom is -0.314 e. The molecule has 1 heterocycles. The molecule has 0 bridgehead atoms. The van der Waals surface area contributed by atoms with E-state index in [1.165, 1.54) is 0 Å². The van der Waals surface area contributed by atoms with Crippen molar-refractivity contribution in [2.24, 2.45) is 0 Å². The van der Waals surface area contributed by atoms with Crippen LogP contribution in [0.5, 0.6) is 0 Å². The van der Waals surface area contributed by atoms with E-state index in [1.54, 1.807) is 20.0 Å². The van der Waals surface area contributed by atoms with Gasteiger partial charge in [-0.1, -0.05) is 22.0 Å². The van der Waals surface area contributed by atoms with Crippen LogP contribution in [0, 0.1) is 13.8 Å². The summed E-state index contributed by atoms with van der Waals surface area (Å²) in [6.45, 7) is 3.91. The lowest BCUT2D eigenvalue weighted by Crippen LogP contribution is -2.18. The van der Waals surface area contributed by atoms with Gasteiger partial charge < -0.3 is 5.32 Å². The van der Waals surface area contributed by atoms with Gasteiger partial charge in [0.1, 0.15) is 4.90 Å². The Labute approximate surface area is 132 Å². The molecule has 0 saturated heterocycles. The quantitative estimate of drug-likeness (QED) is 0.751. The van der Waals surface area contributed by atoms with Crippen molar-refractivity contribution in [2.75, 3.05) is 11.8 Å². The van der Waals surface area contributed by atoms with E-state index < -0.39 is 10.0 Å². The fourth-order valence-corrected chi connectivity index (χ4v) is 3.86. The van der Waals surface area contributed by atoms with Crippen LogP contribution in [0.2, 0.25) is 0 Å². The second-order valence-corrected chi connectivity index (χ2v) is 7.25. The molecule has 1 aromatic carbocycles. The number of halogens is 1. The number of H-pyrrole nitrogens is 1. The van der Waals surface area contributed by atoms with Gasteiger partial charge in [-0.15, -0.1) is 0 Å². The van der Waals surface area contributed by atoms with Gasteiger partial charge in [-0.05, 0) is 38.6 Å². The van der Waals surface area contributed by atoms with Crippen LogP contribution in [0.3, 0.4) is 0 Å². The van der Waals surface area contributed by atoms with Gasteiger partial charge in [0.25, 0.3) is 10.0 Å². The summed E-state index contributed by atoms with van der Waals surface area (Å²) in [5.74, 6) is 0. The normalized spacial score (nSPS) is 11.6. The summed E-state index contributed by atoms with van der Waals surface area (Å²) in [5.41, 5.74) is 2.37. The number of aromatic amines is 1. The van der Waals surface area contributed by atoms with Crippen molar-refractivity contribution in [3.8, 4) is 0 Å². The highest BCUT2D eigenvalue weighted by atomic mass is 79.9. The zero-order valence-corrected chi connectivity index (χ0v) is 14.4. The summed E-state index contributed by atoms with van der Waals surface area (Å²) in [5, 5.41) is 9.67. The maximum atomic E-state index is 12.6. The maximum absolute atomic E-state index is 12.6. The number of aromatic nitrogens is 2. The zero-order chi connectivity index (χ0) is 15.6. The molecule has 0 aliphatic heterocycles. The molecule has 21 heavy (non-hydrogen) atoms. The Morgan fingerprint density at radius 2 is 2.05 bits per heavy atom.